The van der Waals surface area contributed by atoms with Crippen LogP contribution in [0, 0.1) is 6.92 Å². The van der Waals surface area contributed by atoms with E-state index in [1.165, 1.54) is 0 Å². The molecule has 0 saturated carbocycles. The van der Waals surface area contributed by atoms with Gasteiger partial charge >= 0.3 is 12.1 Å². The third kappa shape index (κ3) is 4.79. The van der Waals surface area contributed by atoms with E-state index in [4.69, 9.17) is 9.84 Å². The van der Waals surface area contributed by atoms with Crippen LogP contribution >= 0.6 is 11.3 Å². The lowest BCUT2D eigenvalue weighted by Gasteiger charge is -2.18. The standard InChI is InChI=1S/C25H25N3O5S/c1-3-20(23(29)26-12-21-27-14(2)22(34-21)24(30)31)28-25(32)33-13-19-17-10-6-4-8-15(17)16-9-5-7-11-18(16)19/h4-11,19-20H,3,12-13H2,1-2H3,(H,26,29)(H,28,32)(H,30,31)/t20-/m0/s1. The van der Waals surface area contributed by atoms with Gasteiger partial charge in [0.2, 0.25) is 5.91 Å². The van der Waals surface area contributed by atoms with Crippen LogP contribution in [-0.2, 0) is 16.1 Å². The van der Waals surface area contributed by atoms with Gasteiger partial charge in [-0.2, -0.15) is 0 Å². The number of alkyl carbamates (subject to hydrolysis) is 1. The van der Waals surface area contributed by atoms with E-state index in [1.54, 1.807) is 13.8 Å². The molecular weight excluding hydrogens is 454 g/mol. The Morgan fingerprint density at radius 2 is 1.71 bits per heavy atom. The normalized spacial score (nSPS) is 13.0. The van der Waals surface area contributed by atoms with Crippen molar-refractivity contribution in [2.24, 2.45) is 0 Å². The number of nitrogens with zero attached hydrogens (tertiary/aromatic N) is 1. The van der Waals surface area contributed by atoms with Crippen molar-refractivity contribution in [2.75, 3.05) is 6.61 Å². The lowest BCUT2D eigenvalue weighted by atomic mass is 9.98. The van der Waals surface area contributed by atoms with Crippen LogP contribution < -0.4 is 10.6 Å². The van der Waals surface area contributed by atoms with Gasteiger partial charge in [-0.15, -0.1) is 11.3 Å². The molecule has 0 spiro atoms. The predicted octanol–water partition coefficient (Wildman–Crippen LogP) is 4.08. The van der Waals surface area contributed by atoms with E-state index in [1.807, 2.05) is 36.4 Å². The Kier molecular flexibility index (Phi) is 6.93. The van der Waals surface area contributed by atoms with Crippen LogP contribution in [0.15, 0.2) is 48.5 Å². The number of aryl methyl sites for hydroxylation is 1. The van der Waals surface area contributed by atoms with E-state index in [9.17, 15) is 14.4 Å². The summed E-state index contributed by atoms with van der Waals surface area (Å²) in [7, 11) is 0. The van der Waals surface area contributed by atoms with Gasteiger partial charge < -0.3 is 20.5 Å². The molecule has 2 amide bonds. The molecule has 0 aliphatic heterocycles. The van der Waals surface area contributed by atoms with Crippen molar-refractivity contribution in [2.45, 2.75) is 38.8 Å². The maximum atomic E-state index is 12.6. The Morgan fingerprint density at radius 3 is 2.26 bits per heavy atom. The quantitative estimate of drug-likeness (QED) is 0.448. The van der Waals surface area contributed by atoms with Crippen LogP contribution in [0.25, 0.3) is 11.1 Å². The summed E-state index contributed by atoms with van der Waals surface area (Å²) >= 11 is 1.02. The molecule has 0 bridgehead atoms. The smallest absolute Gasteiger partial charge is 0.407 e. The lowest BCUT2D eigenvalue weighted by molar-refractivity contribution is -0.123. The molecule has 1 aliphatic rings. The first-order valence-corrected chi connectivity index (χ1v) is 11.8. The minimum Gasteiger partial charge on any atom is -0.477 e. The number of nitrogens with one attached hydrogen (secondary N) is 2. The predicted molar refractivity (Wildman–Crippen MR) is 128 cm³/mol. The summed E-state index contributed by atoms with van der Waals surface area (Å²) in [6.07, 6.45) is -0.296. The van der Waals surface area contributed by atoms with E-state index in [0.717, 1.165) is 33.6 Å². The van der Waals surface area contributed by atoms with Gasteiger partial charge in [-0.1, -0.05) is 55.5 Å². The van der Waals surface area contributed by atoms with Gasteiger partial charge in [0.15, 0.2) is 0 Å². The monoisotopic (exact) mass is 479 g/mol. The molecule has 176 valence electrons. The number of hydrogen-bond acceptors (Lipinski definition) is 6. The summed E-state index contributed by atoms with van der Waals surface area (Å²) in [6.45, 7) is 3.64. The number of thiazole rings is 1. The number of amides is 2. The largest absolute Gasteiger partial charge is 0.477 e. The van der Waals surface area contributed by atoms with Crippen molar-refractivity contribution in [3.8, 4) is 11.1 Å². The van der Waals surface area contributed by atoms with Crippen molar-refractivity contribution in [1.82, 2.24) is 15.6 Å². The van der Waals surface area contributed by atoms with E-state index in [2.05, 4.69) is 27.8 Å². The fourth-order valence-corrected chi connectivity index (χ4v) is 4.99. The van der Waals surface area contributed by atoms with Crippen LogP contribution in [-0.4, -0.2) is 40.7 Å². The van der Waals surface area contributed by atoms with E-state index in [0.29, 0.717) is 17.1 Å². The average molecular weight is 480 g/mol. The molecule has 1 aliphatic carbocycles. The number of hydrogen-bond donors (Lipinski definition) is 3. The van der Waals surface area contributed by atoms with E-state index >= 15 is 0 Å². The molecule has 0 radical (unpaired) electrons. The first-order valence-electron chi connectivity index (χ1n) is 11.0. The minimum absolute atomic E-state index is 0.0661. The zero-order valence-electron chi connectivity index (χ0n) is 18.8. The highest BCUT2D eigenvalue weighted by atomic mass is 32.1. The summed E-state index contributed by atoms with van der Waals surface area (Å²) < 4.78 is 5.52. The fourth-order valence-electron chi connectivity index (χ4n) is 4.15. The van der Waals surface area contributed by atoms with Crippen molar-refractivity contribution in [1.29, 1.82) is 0 Å². The van der Waals surface area contributed by atoms with Crippen LogP contribution in [0.4, 0.5) is 4.79 Å². The second-order valence-electron chi connectivity index (χ2n) is 7.98. The topological polar surface area (TPSA) is 118 Å². The Hall–Kier alpha value is -3.72. The number of carboxylic acid groups (broad SMARTS) is 1. The molecule has 3 aromatic rings. The van der Waals surface area contributed by atoms with Gasteiger partial charge in [-0.05, 0) is 35.6 Å². The maximum absolute atomic E-state index is 12.6. The van der Waals surface area contributed by atoms with Crippen molar-refractivity contribution in [3.05, 3.63) is 75.2 Å². The lowest BCUT2D eigenvalue weighted by Crippen LogP contribution is -2.46. The molecule has 8 nitrogen and oxygen atoms in total. The van der Waals surface area contributed by atoms with E-state index in [-0.39, 0.29) is 29.9 Å². The van der Waals surface area contributed by atoms with Crippen LogP contribution in [0.3, 0.4) is 0 Å². The highest BCUT2D eigenvalue weighted by molar-refractivity contribution is 7.13. The summed E-state index contributed by atoms with van der Waals surface area (Å²) in [6, 6.07) is 15.4. The third-order valence-electron chi connectivity index (χ3n) is 5.81. The van der Waals surface area contributed by atoms with Crippen LogP contribution in [0.5, 0.6) is 0 Å². The highest BCUT2D eigenvalue weighted by Gasteiger charge is 2.29. The van der Waals surface area contributed by atoms with E-state index < -0.39 is 18.1 Å². The fraction of sp³-hybridized carbons (Fsp3) is 0.280. The van der Waals surface area contributed by atoms with Crippen molar-refractivity contribution >= 4 is 29.3 Å². The van der Waals surface area contributed by atoms with Crippen molar-refractivity contribution < 1.29 is 24.2 Å². The molecule has 0 saturated heterocycles. The molecule has 34 heavy (non-hydrogen) atoms. The van der Waals surface area contributed by atoms with Crippen molar-refractivity contribution in [3.63, 3.8) is 0 Å². The molecule has 1 aromatic heterocycles. The Labute approximate surface area is 201 Å². The molecule has 0 unspecified atom stereocenters. The Morgan fingerprint density at radius 1 is 1.09 bits per heavy atom. The number of aromatic nitrogens is 1. The molecule has 4 rings (SSSR count). The number of fused-ring (bicyclic) bond motifs is 3. The van der Waals surface area contributed by atoms with Gasteiger partial charge in [-0.3, -0.25) is 4.79 Å². The number of carboxylic acids is 1. The Balaban J connectivity index is 1.33. The number of benzene rings is 2. The number of aromatic carboxylic acids is 1. The Bertz CT molecular complexity index is 1190. The van der Waals surface area contributed by atoms with Gasteiger partial charge in [0.25, 0.3) is 0 Å². The number of carbonyl (C=O) groups excluding carboxylic acids is 2. The molecule has 0 fully saturated rings. The zero-order valence-corrected chi connectivity index (χ0v) is 19.6. The molecule has 1 heterocycles. The SMILES string of the molecule is CC[C@H](NC(=O)OCC1c2ccccc2-c2ccccc21)C(=O)NCc1nc(C)c(C(=O)O)s1. The summed E-state index contributed by atoms with van der Waals surface area (Å²) in [4.78, 5) is 40.6. The van der Waals surface area contributed by atoms with Gasteiger partial charge in [0.05, 0.1) is 12.2 Å². The highest BCUT2D eigenvalue weighted by Crippen LogP contribution is 2.44. The second-order valence-corrected chi connectivity index (χ2v) is 9.06. The first-order chi connectivity index (χ1) is 16.4. The average Bonchev–Trinajstić information content (AvgIpc) is 3.37. The van der Waals surface area contributed by atoms with Gasteiger partial charge in [-0.25, -0.2) is 14.6 Å². The van der Waals surface area contributed by atoms with Crippen LogP contribution in [0.1, 0.15) is 50.8 Å². The molecule has 2 aromatic carbocycles. The second kappa shape index (κ2) is 10.0. The zero-order chi connectivity index (χ0) is 24.2. The number of ether oxygens (including phenoxy) is 1. The summed E-state index contributed by atoms with van der Waals surface area (Å²) in [5.74, 6) is -1.50. The number of rotatable bonds is 8. The summed E-state index contributed by atoms with van der Waals surface area (Å²) in [5, 5.41) is 15.0. The first kappa shape index (κ1) is 23.4. The maximum Gasteiger partial charge on any atom is 0.407 e. The molecular formula is C25H25N3O5S. The molecule has 1 atom stereocenters. The molecule has 3 N–H and O–H groups in total. The summed E-state index contributed by atoms with van der Waals surface area (Å²) in [5.41, 5.74) is 4.91. The molecule has 9 heteroatoms. The minimum atomic E-state index is -1.05. The van der Waals surface area contributed by atoms with Crippen LogP contribution in [0.2, 0.25) is 0 Å². The number of carbonyl (C=O) groups is 3. The third-order valence-corrected chi connectivity index (χ3v) is 6.95. The van der Waals surface area contributed by atoms with Gasteiger partial charge in [0.1, 0.15) is 22.5 Å². The van der Waals surface area contributed by atoms with Gasteiger partial charge in [0, 0.05) is 5.92 Å².